The van der Waals surface area contributed by atoms with Crippen LogP contribution in [0.3, 0.4) is 0 Å². The predicted octanol–water partition coefficient (Wildman–Crippen LogP) is 1.37. The third-order valence-corrected chi connectivity index (χ3v) is 2.85. The van der Waals surface area contributed by atoms with Crippen molar-refractivity contribution in [1.82, 2.24) is 15.4 Å². The van der Waals surface area contributed by atoms with E-state index in [0.29, 0.717) is 31.9 Å². The molecular formula is C10H11Cl2N3O2. The number of ether oxygens (including phenoxy) is 1. The van der Waals surface area contributed by atoms with Gasteiger partial charge in [-0.1, -0.05) is 23.2 Å². The van der Waals surface area contributed by atoms with Gasteiger partial charge in [-0.25, -0.2) is 9.99 Å². The van der Waals surface area contributed by atoms with Crippen LogP contribution in [0.4, 0.5) is 0 Å². The van der Waals surface area contributed by atoms with Crippen molar-refractivity contribution in [1.29, 1.82) is 0 Å². The van der Waals surface area contributed by atoms with Gasteiger partial charge >= 0.3 is 0 Å². The van der Waals surface area contributed by atoms with Crippen LogP contribution >= 0.6 is 23.2 Å². The molecule has 1 aromatic rings. The number of nitrogens with one attached hydrogen (secondary N) is 1. The minimum absolute atomic E-state index is 0.238. The molecule has 2 rings (SSSR count). The first-order chi connectivity index (χ1) is 8.16. The molecule has 5 nitrogen and oxygen atoms in total. The molecule has 1 fully saturated rings. The van der Waals surface area contributed by atoms with Crippen LogP contribution < -0.4 is 5.43 Å². The van der Waals surface area contributed by atoms with Gasteiger partial charge in [0.15, 0.2) is 0 Å². The summed E-state index contributed by atoms with van der Waals surface area (Å²) in [5.41, 5.74) is 3.06. The van der Waals surface area contributed by atoms with Crippen molar-refractivity contribution in [2.45, 2.75) is 0 Å². The second-order valence-corrected chi connectivity index (χ2v) is 4.32. The molecule has 0 bridgehead atoms. The van der Waals surface area contributed by atoms with Crippen molar-refractivity contribution in [2.75, 3.05) is 26.3 Å². The molecule has 17 heavy (non-hydrogen) atoms. The highest BCUT2D eigenvalue weighted by molar-refractivity contribution is 6.35. The highest BCUT2D eigenvalue weighted by atomic mass is 35.5. The van der Waals surface area contributed by atoms with Crippen molar-refractivity contribution < 1.29 is 9.53 Å². The van der Waals surface area contributed by atoms with Crippen LogP contribution in [0.5, 0.6) is 0 Å². The zero-order valence-corrected chi connectivity index (χ0v) is 10.5. The van der Waals surface area contributed by atoms with Crippen LogP contribution in [0, 0.1) is 0 Å². The zero-order chi connectivity index (χ0) is 12.3. The second-order valence-electron chi connectivity index (χ2n) is 3.53. The van der Waals surface area contributed by atoms with Crippen molar-refractivity contribution >= 4 is 29.1 Å². The maximum absolute atomic E-state index is 11.9. The summed E-state index contributed by atoms with van der Waals surface area (Å²) in [4.78, 5) is 15.7. The van der Waals surface area contributed by atoms with Crippen LogP contribution in [-0.2, 0) is 4.74 Å². The lowest BCUT2D eigenvalue weighted by atomic mass is 10.2. The van der Waals surface area contributed by atoms with E-state index in [1.165, 1.54) is 12.3 Å². The fraction of sp³-hybridized carbons (Fsp3) is 0.400. The summed E-state index contributed by atoms with van der Waals surface area (Å²) < 4.78 is 5.18. The molecule has 1 aromatic heterocycles. The first-order valence-electron chi connectivity index (χ1n) is 5.11. The number of carbonyl (C=O) groups is 1. The van der Waals surface area contributed by atoms with E-state index in [4.69, 9.17) is 27.9 Å². The van der Waals surface area contributed by atoms with Crippen LogP contribution in [0.1, 0.15) is 10.4 Å². The Kier molecular flexibility index (Phi) is 4.17. The number of amides is 1. The zero-order valence-electron chi connectivity index (χ0n) is 8.95. The molecule has 1 aliphatic rings. The number of halogens is 2. The Morgan fingerprint density at radius 3 is 2.82 bits per heavy atom. The quantitative estimate of drug-likeness (QED) is 0.829. The van der Waals surface area contributed by atoms with Gasteiger partial charge in [0.1, 0.15) is 5.15 Å². The molecule has 0 unspecified atom stereocenters. The van der Waals surface area contributed by atoms with E-state index in [9.17, 15) is 4.79 Å². The summed E-state index contributed by atoms with van der Waals surface area (Å²) in [6, 6.07) is 1.44. The molecule has 0 atom stereocenters. The maximum Gasteiger partial charge on any atom is 0.267 e. The van der Waals surface area contributed by atoms with Gasteiger partial charge in [0.25, 0.3) is 5.91 Å². The smallest absolute Gasteiger partial charge is 0.267 e. The Labute approximate surface area is 109 Å². The SMILES string of the molecule is O=C(NN1CCOCC1)c1cc(Cl)ncc1Cl. The highest BCUT2D eigenvalue weighted by Crippen LogP contribution is 2.18. The number of pyridine rings is 1. The van der Waals surface area contributed by atoms with E-state index in [2.05, 4.69) is 10.4 Å². The monoisotopic (exact) mass is 275 g/mol. The number of nitrogens with zero attached hydrogens (tertiary/aromatic N) is 2. The fourth-order valence-electron chi connectivity index (χ4n) is 1.47. The standard InChI is InChI=1S/C10H11Cl2N3O2/c11-8-6-13-9(12)5-7(8)10(16)14-15-1-3-17-4-2-15/h5-6H,1-4H2,(H,14,16). The molecule has 0 radical (unpaired) electrons. The summed E-state index contributed by atoms with van der Waals surface area (Å²) in [5, 5.41) is 2.30. The molecule has 1 amide bonds. The molecule has 7 heteroatoms. The van der Waals surface area contributed by atoms with Crippen molar-refractivity contribution in [2.24, 2.45) is 0 Å². The van der Waals surface area contributed by atoms with E-state index in [1.807, 2.05) is 0 Å². The average Bonchev–Trinajstić information content (AvgIpc) is 2.33. The van der Waals surface area contributed by atoms with E-state index in [0.717, 1.165) is 0 Å². The highest BCUT2D eigenvalue weighted by Gasteiger charge is 2.16. The molecule has 0 aliphatic carbocycles. The number of rotatable bonds is 2. The largest absolute Gasteiger partial charge is 0.379 e. The Balaban J connectivity index is 2.05. The average molecular weight is 276 g/mol. The van der Waals surface area contributed by atoms with Gasteiger partial charge in [-0.2, -0.15) is 0 Å². The van der Waals surface area contributed by atoms with E-state index in [-0.39, 0.29) is 16.1 Å². The van der Waals surface area contributed by atoms with E-state index >= 15 is 0 Å². The predicted molar refractivity (Wildman–Crippen MR) is 64.1 cm³/mol. The van der Waals surface area contributed by atoms with Crippen molar-refractivity contribution in [3.05, 3.63) is 28.0 Å². The first kappa shape index (κ1) is 12.6. The lowest BCUT2D eigenvalue weighted by molar-refractivity contribution is 0.0126. The summed E-state index contributed by atoms with van der Waals surface area (Å²) in [5.74, 6) is -0.291. The Bertz CT molecular complexity index is 422. The number of hydrogen-bond donors (Lipinski definition) is 1. The molecule has 0 aromatic carbocycles. The van der Waals surface area contributed by atoms with Crippen molar-refractivity contribution in [3.8, 4) is 0 Å². The Morgan fingerprint density at radius 1 is 1.41 bits per heavy atom. The van der Waals surface area contributed by atoms with Crippen molar-refractivity contribution in [3.63, 3.8) is 0 Å². The Morgan fingerprint density at radius 2 is 2.12 bits per heavy atom. The number of carbonyl (C=O) groups excluding carboxylic acids is 1. The molecule has 1 N–H and O–H groups in total. The van der Waals surface area contributed by atoms with Gasteiger partial charge in [0.05, 0.1) is 23.8 Å². The minimum atomic E-state index is -0.291. The molecule has 92 valence electrons. The lowest BCUT2D eigenvalue weighted by Gasteiger charge is -2.27. The fourth-order valence-corrected chi connectivity index (χ4v) is 1.81. The summed E-state index contributed by atoms with van der Waals surface area (Å²) in [7, 11) is 0. The molecule has 2 heterocycles. The molecule has 0 saturated carbocycles. The number of aromatic nitrogens is 1. The van der Waals surface area contributed by atoms with Gasteiger partial charge in [-0.15, -0.1) is 0 Å². The van der Waals surface area contributed by atoms with Gasteiger partial charge in [-0.05, 0) is 6.07 Å². The van der Waals surface area contributed by atoms with Gasteiger partial charge in [0, 0.05) is 19.3 Å². The molecule has 1 saturated heterocycles. The summed E-state index contributed by atoms with van der Waals surface area (Å²) in [6.07, 6.45) is 1.36. The molecule has 0 spiro atoms. The summed E-state index contributed by atoms with van der Waals surface area (Å²) >= 11 is 11.6. The van der Waals surface area contributed by atoms with E-state index < -0.39 is 0 Å². The van der Waals surface area contributed by atoms with Crippen LogP contribution in [0.15, 0.2) is 12.3 Å². The minimum Gasteiger partial charge on any atom is -0.379 e. The molecular weight excluding hydrogens is 265 g/mol. The third-order valence-electron chi connectivity index (χ3n) is 2.34. The van der Waals surface area contributed by atoms with Crippen LogP contribution in [-0.4, -0.2) is 42.2 Å². The summed E-state index contributed by atoms with van der Waals surface area (Å²) in [6.45, 7) is 2.51. The number of hydrogen-bond acceptors (Lipinski definition) is 4. The van der Waals surface area contributed by atoms with Crippen LogP contribution in [0.2, 0.25) is 10.2 Å². The maximum atomic E-state index is 11.9. The van der Waals surface area contributed by atoms with Gasteiger partial charge < -0.3 is 4.74 Å². The van der Waals surface area contributed by atoms with E-state index in [1.54, 1.807) is 5.01 Å². The van der Waals surface area contributed by atoms with Crippen LogP contribution in [0.25, 0.3) is 0 Å². The second kappa shape index (κ2) is 5.64. The topological polar surface area (TPSA) is 54.5 Å². The van der Waals surface area contributed by atoms with Gasteiger partial charge in [-0.3, -0.25) is 10.2 Å². The number of hydrazine groups is 1. The Hall–Kier alpha value is -0.880. The van der Waals surface area contributed by atoms with Gasteiger partial charge in [0.2, 0.25) is 0 Å². The normalized spacial score (nSPS) is 16.8. The number of morpholine rings is 1. The lowest BCUT2D eigenvalue weighted by Crippen LogP contribution is -2.48. The molecule has 1 aliphatic heterocycles. The third kappa shape index (κ3) is 3.29. The first-order valence-corrected chi connectivity index (χ1v) is 5.87.